The summed E-state index contributed by atoms with van der Waals surface area (Å²) in [7, 11) is 0. The van der Waals surface area contributed by atoms with Crippen molar-refractivity contribution in [2.45, 2.75) is 26.2 Å². The summed E-state index contributed by atoms with van der Waals surface area (Å²) in [6.45, 7) is 6.25. The van der Waals surface area contributed by atoms with Gasteiger partial charge in [-0.05, 0) is 39.0 Å². The third-order valence-corrected chi connectivity index (χ3v) is 4.17. The number of rotatable bonds is 2. The number of nitrogens with zero attached hydrogens (tertiary/aromatic N) is 1. The summed E-state index contributed by atoms with van der Waals surface area (Å²) in [6.07, 6.45) is 1.53. The number of nitrogens with one attached hydrogen (secondary N) is 1. The quantitative estimate of drug-likeness (QED) is 0.755. The van der Waals surface area contributed by atoms with Gasteiger partial charge in [0, 0.05) is 5.56 Å². The fourth-order valence-corrected chi connectivity index (χ4v) is 2.48. The van der Waals surface area contributed by atoms with Crippen LogP contribution in [0.25, 0.3) is 0 Å². The Balaban J connectivity index is 2.31. The van der Waals surface area contributed by atoms with Gasteiger partial charge in [0.15, 0.2) is 0 Å². The second kappa shape index (κ2) is 6.16. The van der Waals surface area contributed by atoms with Gasteiger partial charge in [0.1, 0.15) is 5.15 Å². The van der Waals surface area contributed by atoms with Crippen molar-refractivity contribution in [2.24, 2.45) is 0 Å². The highest BCUT2D eigenvalue weighted by atomic mass is 79.9. The number of benzene rings is 1. The summed E-state index contributed by atoms with van der Waals surface area (Å²) in [5.41, 5.74) is 2.16. The molecule has 0 radical (unpaired) electrons. The summed E-state index contributed by atoms with van der Waals surface area (Å²) < 4.78 is 0.645. The van der Waals surface area contributed by atoms with Crippen LogP contribution in [0.3, 0.4) is 0 Å². The molecule has 1 heterocycles. The largest absolute Gasteiger partial charge is 0.321 e. The molecular formula is C16H16BrClN2O. The van der Waals surface area contributed by atoms with Gasteiger partial charge in [-0.25, -0.2) is 4.98 Å². The van der Waals surface area contributed by atoms with E-state index >= 15 is 0 Å². The standard InChI is InChI=1S/C16H16BrClN2O/c1-16(2,3)12-7-5-4-6-11(12)15(21)20-10-8-13(17)14(18)19-9-10/h4-9H,1-3H3,(H,20,21). The summed E-state index contributed by atoms with van der Waals surface area (Å²) >= 11 is 9.14. The first-order valence-corrected chi connectivity index (χ1v) is 7.68. The average molecular weight is 368 g/mol. The molecule has 1 aromatic heterocycles. The molecule has 5 heteroatoms. The second-order valence-electron chi connectivity index (χ2n) is 5.75. The lowest BCUT2D eigenvalue weighted by Crippen LogP contribution is -2.20. The molecule has 0 aliphatic heterocycles. The van der Waals surface area contributed by atoms with E-state index in [9.17, 15) is 4.79 Å². The molecule has 0 saturated carbocycles. The van der Waals surface area contributed by atoms with Crippen LogP contribution in [-0.4, -0.2) is 10.9 Å². The minimum atomic E-state index is -0.156. The fourth-order valence-electron chi connectivity index (χ4n) is 2.02. The van der Waals surface area contributed by atoms with Crippen LogP contribution in [0.1, 0.15) is 36.7 Å². The Kier molecular flexibility index (Phi) is 4.69. The van der Waals surface area contributed by atoms with E-state index in [0.29, 0.717) is 20.9 Å². The first kappa shape index (κ1) is 16.0. The molecular weight excluding hydrogens is 352 g/mol. The Hall–Kier alpha value is -1.39. The van der Waals surface area contributed by atoms with Crippen molar-refractivity contribution < 1.29 is 4.79 Å². The van der Waals surface area contributed by atoms with Crippen LogP contribution >= 0.6 is 27.5 Å². The van der Waals surface area contributed by atoms with Crippen LogP contribution in [0, 0.1) is 0 Å². The third kappa shape index (κ3) is 3.83. The molecule has 0 unspecified atom stereocenters. The van der Waals surface area contributed by atoms with Crippen LogP contribution in [0.15, 0.2) is 41.0 Å². The SMILES string of the molecule is CC(C)(C)c1ccccc1C(=O)Nc1cnc(Cl)c(Br)c1. The van der Waals surface area contributed by atoms with E-state index in [1.807, 2.05) is 24.3 Å². The Bertz CT molecular complexity index is 680. The molecule has 21 heavy (non-hydrogen) atoms. The molecule has 2 aromatic rings. The number of carbonyl (C=O) groups excluding carboxylic acids is 1. The van der Waals surface area contributed by atoms with Crippen molar-refractivity contribution in [3.63, 3.8) is 0 Å². The molecule has 0 atom stereocenters. The Labute approximate surface area is 137 Å². The van der Waals surface area contributed by atoms with Crippen molar-refractivity contribution in [1.82, 2.24) is 4.98 Å². The molecule has 0 bridgehead atoms. The van der Waals surface area contributed by atoms with Crippen LogP contribution in [0.5, 0.6) is 0 Å². The molecule has 110 valence electrons. The second-order valence-corrected chi connectivity index (χ2v) is 6.96. The first-order valence-electron chi connectivity index (χ1n) is 6.51. The van der Waals surface area contributed by atoms with Crippen molar-refractivity contribution in [3.05, 3.63) is 57.3 Å². The molecule has 0 aliphatic carbocycles. The highest BCUT2D eigenvalue weighted by Crippen LogP contribution is 2.27. The number of pyridine rings is 1. The lowest BCUT2D eigenvalue weighted by Gasteiger charge is -2.22. The summed E-state index contributed by atoms with van der Waals surface area (Å²) in [4.78, 5) is 16.5. The van der Waals surface area contributed by atoms with Crippen molar-refractivity contribution in [1.29, 1.82) is 0 Å². The molecule has 0 spiro atoms. The normalized spacial score (nSPS) is 11.3. The van der Waals surface area contributed by atoms with E-state index in [2.05, 4.69) is 47.0 Å². The number of aromatic nitrogens is 1. The summed E-state index contributed by atoms with van der Waals surface area (Å²) in [5, 5.41) is 3.21. The molecule has 3 nitrogen and oxygen atoms in total. The Morgan fingerprint density at radius 2 is 1.95 bits per heavy atom. The van der Waals surface area contributed by atoms with Crippen LogP contribution in [-0.2, 0) is 5.41 Å². The highest BCUT2D eigenvalue weighted by Gasteiger charge is 2.21. The Morgan fingerprint density at radius 3 is 2.57 bits per heavy atom. The molecule has 0 saturated heterocycles. The minimum Gasteiger partial charge on any atom is -0.321 e. The molecule has 0 fully saturated rings. The van der Waals surface area contributed by atoms with Gasteiger partial charge in [-0.2, -0.15) is 0 Å². The number of anilines is 1. The van der Waals surface area contributed by atoms with Crippen molar-refractivity contribution >= 4 is 39.1 Å². The maximum atomic E-state index is 12.5. The molecule has 0 aliphatic rings. The maximum absolute atomic E-state index is 12.5. The lowest BCUT2D eigenvalue weighted by atomic mass is 9.83. The first-order chi connectivity index (χ1) is 9.79. The van der Waals surface area contributed by atoms with Gasteiger partial charge in [-0.15, -0.1) is 0 Å². The van der Waals surface area contributed by atoms with Crippen molar-refractivity contribution in [3.8, 4) is 0 Å². The smallest absolute Gasteiger partial charge is 0.256 e. The van der Waals surface area contributed by atoms with Gasteiger partial charge in [0.25, 0.3) is 5.91 Å². The summed E-state index contributed by atoms with van der Waals surface area (Å²) in [5.74, 6) is -0.156. The molecule has 1 amide bonds. The number of halogens is 2. The van der Waals surface area contributed by atoms with Crippen LogP contribution in [0.2, 0.25) is 5.15 Å². The van der Waals surface area contributed by atoms with E-state index in [-0.39, 0.29) is 11.3 Å². The van der Waals surface area contributed by atoms with E-state index in [1.54, 1.807) is 6.07 Å². The van der Waals surface area contributed by atoms with Gasteiger partial charge < -0.3 is 5.32 Å². The zero-order valence-corrected chi connectivity index (χ0v) is 14.4. The van der Waals surface area contributed by atoms with Crippen molar-refractivity contribution in [2.75, 3.05) is 5.32 Å². The Morgan fingerprint density at radius 1 is 1.29 bits per heavy atom. The highest BCUT2D eigenvalue weighted by molar-refractivity contribution is 9.10. The summed E-state index contributed by atoms with van der Waals surface area (Å²) in [6, 6.07) is 9.34. The third-order valence-electron chi connectivity index (χ3n) is 3.03. The number of hydrogen-bond acceptors (Lipinski definition) is 2. The molecule has 2 rings (SSSR count). The average Bonchev–Trinajstić information content (AvgIpc) is 2.42. The van der Waals surface area contributed by atoms with E-state index in [1.165, 1.54) is 6.20 Å². The minimum absolute atomic E-state index is 0.104. The van der Waals surface area contributed by atoms with Crippen LogP contribution in [0.4, 0.5) is 5.69 Å². The number of carbonyl (C=O) groups is 1. The van der Waals surface area contributed by atoms with Gasteiger partial charge >= 0.3 is 0 Å². The fraction of sp³-hybridized carbons (Fsp3) is 0.250. The monoisotopic (exact) mass is 366 g/mol. The zero-order valence-electron chi connectivity index (χ0n) is 12.1. The van der Waals surface area contributed by atoms with Gasteiger partial charge in [-0.1, -0.05) is 50.6 Å². The van der Waals surface area contributed by atoms with Gasteiger partial charge in [0.2, 0.25) is 0 Å². The lowest BCUT2D eigenvalue weighted by molar-refractivity contribution is 0.102. The molecule has 1 aromatic carbocycles. The maximum Gasteiger partial charge on any atom is 0.256 e. The van der Waals surface area contributed by atoms with Gasteiger partial charge in [0.05, 0.1) is 16.4 Å². The van der Waals surface area contributed by atoms with E-state index < -0.39 is 0 Å². The van der Waals surface area contributed by atoms with E-state index in [4.69, 9.17) is 11.6 Å². The predicted octanol–water partition coefficient (Wildman–Crippen LogP) is 5.05. The zero-order chi connectivity index (χ0) is 15.6. The molecule has 1 N–H and O–H groups in total. The topological polar surface area (TPSA) is 42.0 Å². The number of hydrogen-bond donors (Lipinski definition) is 1. The number of amides is 1. The van der Waals surface area contributed by atoms with Crippen LogP contribution < -0.4 is 5.32 Å². The predicted molar refractivity (Wildman–Crippen MR) is 90.0 cm³/mol. The van der Waals surface area contributed by atoms with Gasteiger partial charge in [-0.3, -0.25) is 4.79 Å². The van der Waals surface area contributed by atoms with E-state index in [0.717, 1.165) is 5.56 Å².